The van der Waals surface area contributed by atoms with Gasteiger partial charge in [0.15, 0.2) is 11.4 Å². The van der Waals surface area contributed by atoms with Gasteiger partial charge in [-0.2, -0.15) is 0 Å². The van der Waals surface area contributed by atoms with Gasteiger partial charge in [-0.05, 0) is 36.4 Å². The maximum absolute atomic E-state index is 12.4. The molecule has 0 aliphatic carbocycles. The second kappa shape index (κ2) is 6.92. The summed E-state index contributed by atoms with van der Waals surface area (Å²) < 4.78 is 5.13. The van der Waals surface area contributed by atoms with Gasteiger partial charge < -0.3 is 10.1 Å². The molecular formula is C20H14N4O4. The van der Waals surface area contributed by atoms with Crippen molar-refractivity contribution in [2.45, 2.75) is 0 Å². The van der Waals surface area contributed by atoms with Gasteiger partial charge in [0.1, 0.15) is 5.75 Å². The smallest absolute Gasteiger partial charge is 0.286 e. The Labute approximate surface area is 159 Å². The number of nitrogens with zero attached hydrogens (tertiary/aromatic N) is 3. The van der Waals surface area contributed by atoms with Gasteiger partial charge in [-0.25, -0.2) is 14.9 Å². The fraction of sp³-hybridized carbons (Fsp3) is 0.0500. The van der Waals surface area contributed by atoms with Crippen LogP contribution < -0.4 is 15.0 Å². The third kappa shape index (κ3) is 2.96. The molecule has 2 aromatic carbocycles. The first-order valence-corrected chi connectivity index (χ1v) is 8.34. The van der Waals surface area contributed by atoms with E-state index in [0.717, 1.165) is 4.90 Å². The van der Waals surface area contributed by atoms with Gasteiger partial charge in [0.05, 0.1) is 12.8 Å². The number of methoxy groups -OCH3 is 1. The predicted octanol–water partition coefficient (Wildman–Crippen LogP) is 2.54. The molecule has 0 radical (unpaired) electrons. The van der Waals surface area contributed by atoms with Crippen LogP contribution in [0.2, 0.25) is 0 Å². The molecule has 3 amide bonds. The molecule has 2 heterocycles. The van der Waals surface area contributed by atoms with Crippen LogP contribution in [0, 0.1) is 0 Å². The first kappa shape index (κ1) is 17.3. The molecule has 0 bridgehead atoms. The molecule has 0 saturated carbocycles. The van der Waals surface area contributed by atoms with Gasteiger partial charge in [-0.1, -0.05) is 6.07 Å². The summed E-state index contributed by atoms with van der Waals surface area (Å²) in [5, 5.41) is 2.77. The number of rotatable bonds is 4. The van der Waals surface area contributed by atoms with Crippen molar-refractivity contribution in [2.24, 2.45) is 0 Å². The largest absolute Gasteiger partial charge is 0.497 e. The van der Waals surface area contributed by atoms with Gasteiger partial charge in [0, 0.05) is 29.7 Å². The molecule has 0 fully saturated rings. The van der Waals surface area contributed by atoms with Crippen molar-refractivity contribution < 1.29 is 19.1 Å². The lowest BCUT2D eigenvalue weighted by atomic mass is 10.1. The van der Waals surface area contributed by atoms with Crippen LogP contribution in [0.4, 0.5) is 11.4 Å². The van der Waals surface area contributed by atoms with Crippen LogP contribution in [0.5, 0.6) is 5.75 Å². The average molecular weight is 374 g/mol. The summed E-state index contributed by atoms with van der Waals surface area (Å²) in [4.78, 5) is 46.2. The number of carbonyl (C=O) groups is 3. The van der Waals surface area contributed by atoms with Crippen molar-refractivity contribution in [1.82, 2.24) is 9.97 Å². The Kier molecular flexibility index (Phi) is 4.29. The maximum Gasteiger partial charge on any atom is 0.286 e. The minimum Gasteiger partial charge on any atom is -0.497 e. The highest BCUT2D eigenvalue weighted by atomic mass is 16.5. The van der Waals surface area contributed by atoms with E-state index in [1.165, 1.54) is 36.7 Å². The van der Waals surface area contributed by atoms with Crippen LogP contribution in [0.1, 0.15) is 31.3 Å². The van der Waals surface area contributed by atoms with Crippen molar-refractivity contribution in [1.29, 1.82) is 0 Å². The normalized spacial score (nSPS) is 12.7. The summed E-state index contributed by atoms with van der Waals surface area (Å²) in [7, 11) is 1.55. The Morgan fingerprint density at radius 1 is 0.964 bits per heavy atom. The summed E-state index contributed by atoms with van der Waals surface area (Å²) in [6, 6.07) is 13.1. The molecule has 1 aliphatic rings. The van der Waals surface area contributed by atoms with Gasteiger partial charge in [0.25, 0.3) is 17.7 Å². The summed E-state index contributed by atoms with van der Waals surface area (Å²) in [5.41, 5.74) is 1.35. The third-order valence-corrected chi connectivity index (χ3v) is 4.22. The number of benzene rings is 2. The molecule has 1 aliphatic heterocycles. The highest BCUT2D eigenvalue weighted by Crippen LogP contribution is 2.26. The lowest BCUT2D eigenvalue weighted by molar-refractivity contribution is 0.0922. The second-order valence-electron chi connectivity index (χ2n) is 5.93. The zero-order chi connectivity index (χ0) is 19.7. The van der Waals surface area contributed by atoms with Crippen molar-refractivity contribution in [3.63, 3.8) is 0 Å². The topological polar surface area (TPSA) is 101 Å². The van der Waals surface area contributed by atoms with Gasteiger partial charge >= 0.3 is 0 Å². The molecule has 1 aromatic heterocycles. The Hall–Kier alpha value is -4.07. The molecule has 138 valence electrons. The van der Waals surface area contributed by atoms with E-state index in [9.17, 15) is 14.4 Å². The molecule has 0 saturated heterocycles. The molecule has 0 unspecified atom stereocenters. The van der Waals surface area contributed by atoms with E-state index in [1.807, 2.05) is 0 Å². The molecular weight excluding hydrogens is 360 g/mol. The Morgan fingerprint density at radius 2 is 1.61 bits per heavy atom. The third-order valence-electron chi connectivity index (χ3n) is 4.22. The van der Waals surface area contributed by atoms with Gasteiger partial charge in [0.2, 0.25) is 0 Å². The average Bonchev–Trinajstić information content (AvgIpc) is 2.99. The van der Waals surface area contributed by atoms with Crippen LogP contribution in [0.25, 0.3) is 0 Å². The van der Waals surface area contributed by atoms with Crippen molar-refractivity contribution in [3.05, 3.63) is 77.9 Å². The Bertz CT molecular complexity index is 1060. The molecule has 4 rings (SSSR count). The molecule has 0 spiro atoms. The summed E-state index contributed by atoms with van der Waals surface area (Å²) in [5.74, 6) is -0.783. The predicted molar refractivity (Wildman–Crippen MR) is 101 cm³/mol. The zero-order valence-corrected chi connectivity index (χ0v) is 14.7. The highest BCUT2D eigenvalue weighted by Gasteiger charge is 2.39. The van der Waals surface area contributed by atoms with Crippen LogP contribution in [-0.4, -0.2) is 34.8 Å². The Balaban J connectivity index is 1.54. The molecule has 1 N–H and O–H groups in total. The number of fused-ring (bicyclic) bond motifs is 1. The summed E-state index contributed by atoms with van der Waals surface area (Å²) >= 11 is 0. The summed E-state index contributed by atoms with van der Waals surface area (Å²) in [6.07, 6.45) is 2.72. The zero-order valence-electron chi connectivity index (χ0n) is 14.7. The fourth-order valence-corrected chi connectivity index (χ4v) is 2.86. The van der Waals surface area contributed by atoms with Crippen LogP contribution in [0.3, 0.4) is 0 Å². The monoisotopic (exact) mass is 374 g/mol. The highest BCUT2D eigenvalue weighted by molar-refractivity contribution is 6.33. The fourth-order valence-electron chi connectivity index (χ4n) is 2.86. The number of carbonyl (C=O) groups excluding carboxylic acids is 3. The van der Waals surface area contributed by atoms with Crippen molar-refractivity contribution in [3.8, 4) is 5.75 Å². The van der Waals surface area contributed by atoms with E-state index in [4.69, 9.17) is 4.74 Å². The molecule has 0 atom stereocenters. The molecule has 3 aromatic rings. The quantitative estimate of drug-likeness (QED) is 0.704. The lowest BCUT2D eigenvalue weighted by Crippen LogP contribution is -2.29. The summed E-state index contributed by atoms with van der Waals surface area (Å²) in [6.45, 7) is 0. The van der Waals surface area contributed by atoms with E-state index in [2.05, 4.69) is 15.3 Å². The minimum atomic E-state index is -0.540. The molecule has 28 heavy (non-hydrogen) atoms. The molecule has 8 nitrogen and oxygen atoms in total. The maximum atomic E-state index is 12.4. The number of anilines is 2. The number of amides is 3. The van der Waals surface area contributed by atoms with E-state index in [1.54, 1.807) is 31.4 Å². The number of imide groups is 1. The SMILES string of the molecule is COc1cccc(NC(=O)c2ccc(N3C(=O)c4nccnc4C3=O)cc2)c1. The number of hydrogen-bond donors (Lipinski definition) is 1. The van der Waals surface area contributed by atoms with Gasteiger partial charge in [-0.3, -0.25) is 14.4 Å². The number of ether oxygens (including phenoxy) is 1. The first-order valence-electron chi connectivity index (χ1n) is 8.34. The molecule has 8 heteroatoms. The number of nitrogens with one attached hydrogen (secondary N) is 1. The van der Waals surface area contributed by atoms with Crippen molar-refractivity contribution in [2.75, 3.05) is 17.3 Å². The van der Waals surface area contributed by atoms with E-state index < -0.39 is 11.8 Å². The second-order valence-corrected chi connectivity index (χ2v) is 5.93. The van der Waals surface area contributed by atoms with Crippen LogP contribution >= 0.6 is 0 Å². The van der Waals surface area contributed by atoms with Crippen molar-refractivity contribution >= 4 is 29.1 Å². The number of hydrogen-bond acceptors (Lipinski definition) is 6. The lowest BCUT2D eigenvalue weighted by Gasteiger charge is -2.13. The first-order chi connectivity index (χ1) is 13.6. The van der Waals surface area contributed by atoms with Crippen LogP contribution in [0.15, 0.2) is 60.9 Å². The van der Waals surface area contributed by atoms with Gasteiger partial charge in [-0.15, -0.1) is 0 Å². The Morgan fingerprint density at radius 3 is 2.21 bits per heavy atom. The van der Waals surface area contributed by atoms with E-state index in [-0.39, 0.29) is 17.3 Å². The number of aromatic nitrogens is 2. The standard InChI is InChI=1S/C20H14N4O4/c1-28-15-4-2-3-13(11-15)23-18(25)12-5-7-14(8-6-12)24-19(26)16-17(20(24)27)22-10-9-21-16/h2-11H,1H3,(H,23,25). The van der Waals surface area contributed by atoms with E-state index >= 15 is 0 Å². The van der Waals surface area contributed by atoms with E-state index in [0.29, 0.717) is 22.7 Å². The van der Waals surface area contributed by atoms with Crippen LogP contribution in [-0.2, 0) is 0 Å². The minimum absolute atomic E-state index is 0.0207.